The van der Waals surface area contributed by atoms with Crippen molar-refractivity contribution in [1.29, 1.82) is 0 Å². The summed E-state index contributed by atoms with van der Waals surface area (Å²) < 4.78 is 0.724. The van der Waals surface area contributed by atoms with E-state index in [0.29, 0.717) is 4.90 Å². The van der Waals surface area contributed by atoms with Gasteiger partial charge >= 0.3 is 0 Å². The molecule has 1 N–H and O–H groups in total. The molecule has 2 heterocycles. The molecule has 0 unspecified atom stereocenters. The van der Waals surface area contributed by atoms with Crippen molar-refractivity contribution in [3.63, 3.8) is 0 Å². The zero-order valence-corrected chi connectivity index (χ0v) is 16.3. The molecule has 0 fully saturated rings. The largest absolute Gasteiger partial charge is 0.346 e. The number of nitrogens with one attached hydrogen (secondary N) is 1. The van der Waals surface area contributed by atoms with E-state index in [0.717, 1.165) is 20.7 Å². The monoisotopic (exact) mass is 406 g/mol. The molecule has 10 heteroatoms. The van der Waals surface area contributed by atoms with Crippen molar-refractivity contribution in [2.24, 2.45) is 0 Å². The average Bonchev–Trinajstić information content (AvgIpc) is 3.21. The van der Waals surface area contributed by atoms with E-state index >= 15 is 0 Å². The number of nitrogens with zero attached hydrogens (tertiary/aromatic N) is 3. The summed E-state index contributed by atoms with van der Waals surface area (Å²) in [5.41, 5.74) is 1.76. The number of thiazole rings is 2. The molecule has 3 aromatic rings. The molecule has 0 aliphatic rings. The Balaban J connectivity index is 1.76. The standard InChI is InChI=1S/C16H14N4O3S3/c1-9-7-25-16(18-9)26-14-4-3-11(5-13(14)20(22)23)15(21)17-6-12-8-24-10(2)19-12/h3-5,7-8H,6H2,1-2H3,(H,17,21). The number of benzene rings is 1. The average molecular weight is 407 g/mol. The number of aryl methyl sites for hydroxylation is 2. The lowest BCUT2D eigenvalue weighted by Gasteiger charge is -2.06. The van der Waals surface area contributed by atoms with Crippen LogP contribution in [0.3, 0.4) is 0 Å². The van der Waals surface area contributed by atoms with E-state index in [9.17, 15) is 14.9 Å². The van der Waals surface area contributed by atoms with E-state index in [1.54, 1.807) is 12.1 Å². The van der Waals surface area contributed by atoms with Crippen molar-refractivity contribution in [3.05, 3.63) is 61.0 Å². The second kappa shape index (κ2) is 7.94. The minimum Gasteiger partial charge on any atom is -0.346 e. The molecule has 0 atom stereocenters. The summed E-state index contributed by atoms with van der Waals surface area (Å²) in [7, 11) is 0. The van der Waals surface area contributed by atoms with Gasteiger partial charge in [-0.3, -0.25) is 14.9 Å². The van der Waals surface area contributed by atoms with Crippen LogP contribution < -0.4 is 5.32 Å². The topological polar surface area (TPSA) is 98.0 Å². The van der Waals surface area contributed by atoms with Crippen LogP contribution in [0.25, 0.3) is 0 Å². The maximum absolute atomic E-state index is 12.3. The fraction of sp³-hybridized carbons (Fsp3) is 0.188. The van der Waals surface area contributed by atoms with Gasteiger partial charge in [0.15, 0.2) is 4.34 Å². The molecule has 7 nitrogen and oxygen atoms in total. The summed E-state index contributed by atoms with van der Waals surface area (Å²) >= 11 is 4.15. The van der Waals surface area contributed by atoms with E-state index in [2.05, 4.69) is 15.3 Å². The number of hydrogen-bond donors (Lipinski definition) is 1. The molecular formula is C16H14N4O3S3. The maximum Gasteiger partial charge on any atom is 0.284 e. The van der Waals surface area contributed by atoms with E-state index < -0.39 is 4.92 Å². The molecule has 1 amide bonds. The van der Waals surface area contributed by atoms with Gasteiger partial charge in [0.1, 0.15) is 0 Å². The summed E-state index contributed by atoms with van der Waals surface area (Å²) in [4.78, 5) is 32.3. The van der Waals surface area contributed by atoms with Gasteiger partial charge in [0, 0.05) is 28.1 Å². The van der Waals surface area contributed by atoms with Crippen LogP contribution in [-0.2, 0) is 6.54 Å². The summed E-state index contributed by atoms with van der Waals surface area (Å²) in [5.74, 6) is -0.375. The Hall–Kier alpha value is -2.30. The fourth-order valence-corrected chi connectivity index (χ4v) is 4.61. The quantitative estimate of drug-likeness (QED) is 0.486. The van der Waals surface area contributed by atoms with Gasteiger partial charge in [-0.2, -0.15) is 0 Å². The van der Waals surface area contributed by atoms with Crippen LogP contribution in [0.2, 0.25) is 0 Å². The van der Waals surface area contributed by atoms with Crippen LogP contribution >= 0.6 is 34.4 Å². The third-order valence-electron chi connectivity index (χ3n) is 3.31. The molecule has 0 spiro atoms. The molecule has 0 saturated heterocycles. The van der Waals surface area contributed by atoms with Crippen LogP contribution in [0, 0.1) is 24.0 Å². The molecule has 0 radical (unpaired) electrons. The first-order valence-corrected chi connectivity index (χ1v) is 10.1. The van der Waals surface area contributed by atoms with Gasteiger partial charge in [0.2, 0.25) is 0 Å². The normalized spacial score (nSPS) is 10.7. The molecular weight excluding hydrogens is 392 g/mol. The lowest BCUT2D eigenvalue weighted by molar-refractivity contribution is -0.387. The Kier molecular flexibility index (Phi) is 5.64. The van der Waals surface area contributed by atoms with Gasteiger partial charge < -0.3 is 5.32 Å². The number of carbonyl (C=O) groups excluding carboxylic acids is 1. The molecule has 3 rings (SSSR count). The van der Waals surface area contributed by atoms with Gasteiger partial charge in [0.25, 0.3) is 11.6 Å². The number of nitro groups is 1. The summed E-state index contributed by atoms with van der Waals surface area (Å²) in [5, 5.41) is 18.8. The number of hydrogen-bond acceptors (Lipinski definition) is 8. The predicted octanol–water partition coefficient (Wildman–Crippen LogP) is 4.21. The highest BCUT2D eigenvalue weighted by Gasteiger charge is 2.19. The SMILES string of the molecule is Cc1csc(Sc2ccc(C(=O)NCc3csc(C)n3)cc2[N+](=O)[O-])n1. The first-order chi connectivity index (χ1) is 12.4. The Bertz CT molecular complexity index is 967. The van der Waals surface area contributed by atoms with Crippen molar-refractivity contribution in [2.75, 3.05) is 0 Å². The molecule has 0 saturated carbocycles. The molecule has 2 aromatic heterocycles. The molecule has 0 aliphatic heterocycles. The molecule has 26 heavy (non-hydrogen) atoms. The molecule has 134 valence electrons. The highest BCUT2D eigenvalue weighted by atomic mass is 32.2. The number of aromatic nitrogens is 2. The van der Waals surface area contributed by atoms with Crippen LogP contribution in [-0.4, -0.2) is 20.8 Å². The maximum atomic E-state index is 12.3. The number of rotatable bonds is 6. The van der Waals surface area contributed by atoms with Gasteiger partial charge in [-0.25, -0.2) is 9.97 Å². The second-order valence-electron chi connectivity index (χ2n) is 5.34. The number of nitro benzene ring substituents is 1. The van der Waals surface area contributed by atoms with Crippen molar-refractivity contribution in [1.82, 2.24) is 15.3 Å². The van der Waals surface area contributed by atoms with E-state index in [1.165, 1.54) is 40.5 Å². The van der Waals surface area contributed by atoms with Crippen molar-refractivity contribution in [2.45, 2.75) is 29.6 Å². The van der Waals surface area contributed by atoms with Crippen LogP contribution in [0.5, 0.6) is 0 Å². The van der Waals surface area contributed by atoms with E-state index in [1.807, 2.05) is 24.6 Å². The Morgan fingerprint density at radius 2 is 2.08 bits per heavy atom. The zero-order chi connectivity index (χ0) is 18.7. The van der Waals surface area contributed by atoms with Gasteiger partial charge in [-0.15, -0.1) is 22.7 Å². The Morgan fingerprint density at radius 1 is 1.27 bits per heavy atom. The lowest BCUT2D eigenvalue weighted by Crippen LogP contribution is -2.23. The zero-order valence-electron chi connectivity index (χ0n) is 13.9. The first-order valence-electron chi connectivity index (χ1n) is 7.50. The van der Waals surface area contributed by atoms with Crippen molar-refractivity contribution < 1.29 is 9.72 Å². The van der Waals surface area contributed by atoms with Crippen LogP contribution in [0.1, 0.15) is 26.8 Å². The summed E-state index contributed by atoms with van der Waals surface area (Å²) in [6, 6.07) is 4.46. The van der Waals surface area contributed by atoms with E-state index in [4.69, 9.17) is 0 Å². The number of amides is 1. The van der Waals surface area contributed by atoms with Gasteiger partial charge in [-0.1, -0.05) is 11.8 Å². The highest BCUT2D eigenvalue weighted by molar-refractivity contribution is 8.01. The molecule has 0 bridgehead atoms. The Labute approximate surface area is 161 Å². The minimum absolute atomic E-state index is 0.111. The lowest BCUT2D eigenvalue weighted by atomic mass is 10.2. The van der Waals surface area contributed by atoms with E-state index in [-0.39, 0.29) is 23.7 Å². The third-order valence-corrected chi connectivity index (χ3v) is 6.25. The predicted molar refractivity (Wildman–Crippen MR) is 102 cm³/mol. The van der Waals surface area contributed by atoms with Crippen LogP contribution in [0.15, 0.2) is 38.2 Å². The van der Waals surface area contributed by atoms with Crippen molar-refractivity contribution >= 4 is 46.0 Å². The van der Waals surface area contributed by atoms with Gasteiger partial charge in [0.05, 0.1) is 27.1 Å². The Morgan fingerprint density at radius 3 is 2.69 bits per heavy atom. The number of carbonyl (C=O) groups is 1. The highest BCUT2D eigenvalue weighted by Crippen LogP contribution is 2.36. The molecule has 0 aliphatic carbocycles. The van der Waals surface area contributed by atoms with Crippen LogP contribution in [0.4, 0.5) is 5.69 Å². The summed E-state index contributed by atoms with van der Waals surface area (Å²) in [6.07, 6.45) is 0. The third kappa shape index (κ3) is 4.45. The molecule has 1 aromatic carbocycles. The fourth-order valence-electron chi connectivity index (χ4n) is 2.12. The van der Waals surface area contributed by atoms with Crippen molar-refractivity contribution in [3.8, 4) is 0 Å². The first kappa shape index (κ1) is 18.5. The van der Waals surface area contributed by atoms with Gasteiger partial charge in [-0.05, 0) is 26.0 Å². The minimum atomic E-state index is -0.483. The second-order valence-corrected chi connectivity index (χ2v) is 8.55. The smallest absolute Gasteiger partial charge is 0.284 e. The summed E-state index contributed by atoms with van der Waals surface area (Å²) in [6.45, 7) is 4.04.